The summed E-state index contributed by atoms with van der Waals surface area (Å²) >= 11 is 0. The van der Waals surface area contributed by atoms with Gasteiger partial charge >= 0.3 is 5.97 Å². The number of carbonyl (C=O) groups excluding carboxylic acids is 1. The topological polar surface area (TPSA) is 110 Å². The number of benzene rings is 1. The number of nitro groups is 1. The van der Waals surface area contributed by atoms with Gasteiger partial charge in [0, 0.05) is 6.07 Å². The largest absolute Gasteiger partial charge is 0.480 e. The summed E-state index contributed by atoms with van der Waals surface area (Å²) < 4.78 is 13.2. The Hall–Kier alpha value is -2.51. The molecule has 2 atom stereocenters. The lowest BCUT2D eigenvalue weighted by molar-refractivity contribution is -0.385. The minimum absolute atomic E-state index is 0.376. The van der Waals surface area contributed by atoms with Crippen LogP contribution in [0.2, 0.25) is 0 Å². The smallest absolute Gasteiger partial charge is 0.326 e. The number of nitrogens with zero attached hydrogens (tertiary/aromatic N) is 1. The summed E-state index contributed by atoms with van der Waals surface area (Å²) in [5.41, 5.74) is -1.09. The van der Waals surface area contributed by atoms with Gasteiger partial charge in [0.25, 0.3) is 11.6 Å². The fourth-order valence-electron chi connectivity index (χ4n) is 1.75. The number of nitrogens with one attached hydrogen (secondary N) is 1. The third-order valence-electron chi connectivity index (χ3n) is 3.17. The minimum atomic E-state index is -1.25. The SMILES string of the molecule is CCC(C)[C@H](NC(=O)c1cc(F)ccc1[N+](=O)[O-])C(=O)O. The molecule has 7 nitrogen and oxygen atoms in total. The number of hydrogen-bond donors (Lipinski definition) is 2. The van der Waals surface area contributed by atoms with Gasteiger partial charge in [-0.1, -0.05) is 20.3 Å². The van der Waals surface area contributed by atoms with Crippen molar-refractivity contribution < 1.29 is 24.0 Å². The first-order valence-electron chi connectivity index (χ1n) is 6.25. The predicted octanol–water partition coefficient (Wildman–Crippen LogP) is 1.96. The van der Waals surface area contributed by atoms with Gasteiger partial charge in [-0.3, -0.25) is 14.9 Å². The number of hydrogen-bond acceptors (Lipinski definition) is 4. The lowest BCUT2D eigenvalue weighted by Gasteiger charge is -2.20. The average Bonchev–Trinajstić information content (AvgIpc) is 2.42. The van der Waals surface area contributed by atoms with E-state index in [-0.39, 0.29) is 5.92 Å². The van der Waals surface area contributed by atoms with E-state index in [0.29, 0.717) is 12.5 Å². The van der Waals surface area contributed by atoms with Crippen molar-refractivity contribution in [3.8, 4) is 0 Å². The summed E-state index contributed by atoms with van der Waals surface area (Å²) in [7, 11) is 0. The zero-order chi connectivity index (χ0) is 16.2. The lowest BCUT2D eigenvalue weighted by Crippen LogP contribution is -2.45. The zero-order valence-electron chi connectivity index (χ0n) is 11.5. The zero-order valence-corrected chi connectivity index (χ0v) is 11.5. The molecule has 21 heavy (non-hydrogen) atoms. The predicted molar refractivity (Wildman–Crippen MR) is 71.4 cm³/mol. The Morgan fingerprint density at radius 1 is 1.48 bits per heavy atom. The molecule has 1 aromatic carbocycles. The molecule has 2 N–H and O–H groups in total. The van der Waals surface area contributed by atoms with Crippen LogP contribution in [0.3, 0.4) is 0 Å². The molecule has 1 unspecified atom stereocenters. The summed E-state index contributed by atoms with van der Waals surface area (Å²) in [5, 5.41) is 22.1. The summed E-state index contributed by atoms with van der Waals surface area (Å²) in [5.74, 6) is -3.44. The maximum atomic E-state index is 13.2. The molecule has 0 fully saturated rings. The van der Waals surface area contributed by atoms with Crippen molar-refractivity contribution >= 4 is 17.6 Å². The first-order valence-corrected chi connectivity index (χ1v) is 6.25. The third-order valence-corrected chi connectivity index (χ3v) is 3.17. The van der Waals surface area contributed by atoms with E-state index in [2.05, 4.69) is 5.32 Å². The fraction of sp³-hybridized carbons (Fsp3) is 0.385. The van der Waals surface area contributed by atoms with Crippen molar-refractivity contribution in [2.45, 2.75) is 26.3 Å². The molecule has 0 spiro atoms. The molecule has 1 rings (SSSR count). The number of halogens is 1. The van der Waals surface area contributed by atoms with Crippen LogP contribution < -0.4 is 5.32 Å². The Kier molecular flexibility index (Phi) is 5.34. The van der Waals surface area contributed by atoms with Crippen molar-refractivity contribution in [2.24, 2.45) is 5.92 Å². The van der Waals surface area contributed by atoms with E-state index in [0.717, 1.165) is 12.1 Å². The van der Waals surface area contributed by atoms with E-state index in [9.17, 15) is 24.1 Å². The normalized spacial score (nSPS) is 13.3. The van der Waals surface area contributed by atoms with E-state index in [1.807, 2.05) is 0 Å². The Morgan fingerprint density at radius 3 is 2.57 bits per heavy atom. The standard InChI is InChI=1S/C13H15FN2O5/c1-3-7(2)11(13(18)19)15-12(17)9-6-8(14)4-5-10(9)16(20)21/h4-7,11H,3H2,1-2H3,(H,15,17)(H,18,19)/t7?,11-/m0/s1. The molecule has 1 aromatic rings. The molecular weight excluding hydrogens is 283 g/mol. The summed E-state index contributed by atoms with van der Waals surface area (Å²) in [4.78, 5) is 33.1. The summed E-state index contributed by atoms with van der Waals surface area (Å²) in [6.45, 7) is 3.37. The quantitative estimate of drug-likeness (QED) is 0.616. The Bertz CT molecular complexity index is 576. The number of rotatable bonds is 6. The number of carboxylic acid groups (broad SMARTS) is 1. The van der Waals surface area contributed by atoms with E-state index >= 15 is 0 Å². The number of carbonyl (C=O) groups is 2. The second kappa shape index (κ2) is 6.78. The number of carboxylic acids is 1. The maximum Gasteiger partial charge on any atom is 0.326 e. The first-order chi connectivity index (χ1) is 9.77. The van der Waals surface area contributed by atoms with Gasteiger partial charge in [-0.15, -0.1) is 0 Å². The molecule has 0 heterocycles. The molecular formula is C13H15FN2O5. The Morgan fingerprint density at radius 2 is 2.10 bits per heavy atom. The highest BCUT2D eigenvalue weighted by molar-refractivity contribution is 6.00. The highest BCUT2D eigenvalue weighted by Crippen LogP contribution is 2.20. The first kappa shape index (κ1) is 16.5. The van der Waals surface area contributed by atoms with Gasteiger partial charge in [0.2, 0.25) is 0 Å². The van der Waals surface area contributed by atoms with Crippen LogP contribution >= 0.6 is 0 Å². The van der Waals surface area contributed by atoms with Crippen molar-refractivity contribution in [1.82, 2.24) is 5.32 Å². The fourth-order valence-corrected chi connectivity index (χ4v) is 1.75. The van der Waals surface area contributed by atoms with Gasteiger partial charge in [-0.25, -0.2) is 9.18 Å². The van der Waals surface area contributed by atoms with Crippen LogP contribution in [-0.4, -0.2) is 27.9 Å². The van der Waals surface area contributed by atoms with Gasteiger partial charge in [0.15, 0.2) is 0 Å². The van der Waals surface area contributed by atoms with Crippen molar-refractivity contribution in [3.63, 3.8) is 0 Å². The van der Waals surface area contributed by atoms with Gasteiger partial charge in [0.1, 0.15) is 17.4 Å². The van der Waals surface area contributed by atoms with Crippen LogP contribution in [0.4, 0.5) is 10.1 Å². The van der Waals surface area contributed by atoms with Gasteiger partial charge in [0.05, 0.1) is 4.92 Å². The van der Waals surface area contributed by atoms with Crippen LogP contribution in [0, 0.1) is 21.8 Å². The second-order valence-corrected chi connectivity index (χ2v) is 4.59. The van der Waals surface area contributed by atoms with Gasteiger partial charge < -0.3 is 10.4 Å². The molecule has 0 radical (unpaired) electrons. The number of amides is 1. The molecule has 1 amide bonds. The van der Waals surface area contributed by atoms with Crippen molar-refractivity contribution in [3.05, 3.63) is 39.7 Å². The molecule has 0 saturated heterocycles. The number of aliphatic carboxylic acids is 1. The molecule has 114 valence electrons. The third kappa shape index (κ3) is 3.98. The van der Waals surface area contributed by atoms with Crippen LogP contribution in [0.1, 0.15) is 30.6 Å². The second-order valence-electron chi connectivity index (χ2n) is 4.59. The minimum Gasteiger partial charge on any atom is -0.480 e. The monoisotopic (exact) mass is 298 g/mol. The number of nitro benzene ring substituents is 1. The molecule has 0 aliphatic heterocycles. The summed E-state index contributed by atoms with van der Waals surface area (Å²) in [6, 6.07) is 1.23. The molecule has 0 aromatic heterocycles. The molecule has 0 aliphatic carbocycles. The van der Waals surface area contributed by atoms with Crippen LogP contribution in [0.15, 0.2) is 18.2 Å². The van der Waals surface area contributed by atoms with Crippen molar-refractivity contribution in [1.29, 1.82) is 0 Å². The Labute approximate surface area is 119 Å². The van der Waals surface area contributed by atoms with Crippen molar-refractivity contribution in [2.75, 3.05) is 0 Å². The van der Waals surface area contributed by atoms with E-state index in [1.165, 1.54) is 0 Å². The Balaban J connectivity index is 3.11. The molecule has 0 bridgehead atoms. The van der Waals surface area contributed by atoms with Gasteiger partial charge in [-0.05, 0) is 18.1 Å². The molecule has 8 heteroatoms. The van der Waals surface area contributed by atoms with E-state index < -0.39 is 39.9 Å². The summed E-state index contributed by atoms with van der Waals surface area (Å²) in [6.07, 6.45) is 0.489. The van der Waals surface area contributed by atoms with E-state index in [1.54, 1.807) is 13.8 Å². The van der Waals surface area contributed by atoms with Crippen LogP contribution in [-0.2, 0) is 4.79 Å². The average molecular weight is 298 g/mol. The van der Waals surface area contributed by atoms with Crippen LogP contribution in [0.25, 0.3) is 0 Å². The highest BCUT2D eigenvalue weighted by atomic mass is 19.1. The van der Waals surface area contributed by atoms with Gasteiger partial charge in [-0.2, -0.15) is 0 Å². The molecule has 0 saturated carbocycles. The maximum absolute atomic E-state index is 13.2. The van der Waals surface area contributed by atoms with Crippen LogP contribution in [0.5, 0.6) is 0 Å². The molecule has 0 aliphatic rings. The van der Waals surface area contributed by atoms with E-state index in [4.69, 9.17) is 5.11 Å². The lowest BCUT2D eigenvalue weighted by atomic mass is 9.98. The highest BCUT2D eigenvalue weighted by Gasteiger charge is 2.29.